The number of hydrogen-bond donors (Lipinski definition) is 1. The Morgan fingerprint density at radius 3 is 2.72 bits per heavy atom. The molecule has 5 nitrogen and oxygen atoms in total. The summed E-state index contributed by atoms with van der Waals surface area (Å²) in [6.45, 7) is 1.92. The number of aliphatic carboxylic acids is 1. The van der Waals surface area contributed by atoms with Crippen LogP contribution in [0.25, 0.3) is 0 Å². The second kappa shape index (κ2) is 5.85. The molecule has 102 valence electrons. The van der Waals surface area contributed by atoms with Crippen LogP contribution in [0.2, 0.25) is 0 Å². The van der Waals surface area contributed by atoms with Crippen LogP contribution in [-0.2, 0) is 22.3 Å². The van der Waals surface area contributed by atoms with E-state index in [1.807, 2.05) is 0 Å². The van der Waals surface area contributed by atoms with Gasteiger partial charge in [0.2, 0.25) is 0 Å². The molecule has 18 heavy (non-hydrogen) atoms. The van der Waals surface area contributed by atoms with Crippen molar-refractivity contribution in [3.63, 3.8) is 0 Å². The van der Waals surface area contributed by atoms with Gasteiger partial charge in [0.1, 0.15) is 0 Å². The fourth-order valence-electron chi connectivity index (χ4n) is 1.36. The topological polar surface area (TPSA) is 64.4 Å². The number of aromatic nitrogens is 2. The molecule has 1 atom stereocenters. The summed E-state index contributed by atoms with van der Waals surface area (Å²) in [5.74, 6) is -1.14. The molecule has 0 saturated carbocycles. The van der Waals surface area contributed by atoms with Crippen LogP contribution in [0.5, 0.6) is 0 Å². The third-order valence-electron chi connectivity index (χ3n) is 2.22. The molecule has 0 bridgehead atoms. The Bertz CT molecular complexity index is 403. The minimum atomic E-state index is -4.44. The average molecular weight is 266 g/mol. The Hall–Kier alpha value is -1.57. The molecule has 1 aromatic rings. The number of alkyl halides is 3. The van der Waals surface area contributed by atoms with E-state index in [0.717, 1.165) is 10.9 Å². The van der Waals surface area contributed by atoms with Crippen molar-refractivity contribution in [1.29, 1.82) is 0 Å². The molecule has 0 fully saturated rings. The Kier molecular flexibility index (Phi) is 4.71. The lowest BCUT2D eigenvalue weighted by molar-refractivity contribution is -0.150. The van der Waals surface area contributed by atoms with Crippen molar-refractivity contribution < 1.29 is 27.8 Å². The van der Waals surface area contributed by atoms with Crippen LogP contribution < -0.4 is 0 Å². The van der Waals surface area contributed by atoms with Crippen molar-refractivity contribution in [3.05, 3.63) is 18.0 Å². The van der Waals surface area contributed by atoms with Gasteiger partial charge >= 0.3 is 12.1 Å². The molecular formula is C10H13F3N2O3. The van der Waals surface area contributed by atoms with Gasteiger partial charge in [-0.05, 0) is 6.92 Å². The molecule has 0 radical (unpaired) electrons. The molecule has 1 rings (SSSR count). The van der Waals surface area contributed by atoms with Crippen molar-refractivity contribution in [1.82, 2.24) is 9.78 Å². The molecular weight excluding hydrogens is 253 g/mol. The van der Waals surface area contributed by atoms with Crippen LogP contribution in [-0.4, -0.2) is 33.6 Å². The van der Waals surface area contributed by atoms with Crippen LogP contribution in [0.1, 0.15) is 18.9 Å². The molecule has 1 N–H and O–H groups in total. The fourth-order valence-corrected chi connectivity index (χ4v) is 1.36. The number of halogens is 3. The van der Waals surface area contributed by atoms with Gasteiger partial charge in [0.15, 0.2) is 6.10 Å². The summed E-state index contributed by atoms with van der Waals surface area (Å²) in [5.41, 5.74) is -0.856. The molecule has 0 aliphatic heterocycles. The number of hydrogen-bond acceptors (Lipinski definition) is 3. The molecule has 0 saturated heterocycles. The van der Waals surface area contributed by atoms with E-state index in [1.54, 1.807) is 6.92 Å². The normalized spacial score (nSPS) is 13.6. The van der Waals surface area contributed by atoms with Gasteiger partial charge in [-0.1, -0.05) is 0 Å². The van der Waals surface area contributed by atoms with Gasteiger partial charge in [0.05, 0.1) is 11.8 Å². The van der Waals surface area contributed by atoms with Gasteiger partial charge < -0.3 is 9.84 Å². The van der Waals surface area contributed by atoms with E-state index in [9.17, 15) is 18.0 Å². The molecule has 0 amide bonds. The van der Waals surface area contributed by atoms with Gasteiger partial charge in [0, 0.05) is 25.8 Å². The zero-order chi connectivity index (χ0) is 13.8. The first-order chi connectivity index (χ1) is 8.34. The summed E-state index contributed by atoms with van der Waals surface area (Å²) in [6, 6.07) is 0. The van der Waals surface area contributed by atoms with Crippen molar-refractivity contribution >= 4 is 5.97 Å². The van der Waals surface area contributed by atoms with E-state index in [-0.39, 0.29) is 19.6 Å². The third kappa shape index (κ3) is 4.02. The molecule has 8 heteroatoms. The molecule has 1 heterocycles. The monoisotopic (exact) mass is 266 g/mol. The molecule has 1 unspecified atom stereocenters. The number of aryl methyl sites for hydroxylation is 1. The van der Waals surface area contributed by atoms with Crippen LogP contribution >= 0.6 is 0 Å². The predicted molar refractivity (Wildman–Crippen MR) is 54.9 cm³/mol. The van der Waals surface area contributed by atoms with Crippen LogP contribution in [0.15, 0.2) is 12.4 Å². The van der Waals surface area contributed by atoms with E-state index in [1.165, 1.54) is 0 Å². The molecule has 1 aromatic heterocycles. The predicted octanol–water partition coefficient (Wildman–Crippen LogP) is 1.78. The van der Waals surface area contributed by atoms with Gasteiger partial charge in [-0.15, -0.1) is 0 Å². The summed E-state index contributed by atoms with van der Waals surface area (Å²) in [7, 11) is 0. The van der Waals surface area contributed by atoms with Crippen LogP contribution in [0.3, 0.4) is 0 Å². The summed E-state index contributed by atoms with van der Waals surface area (Å²) in [5, 5.41) is 12.3. The minimum Gasteiger partial charge on any atom is -0.479 e. The third-order valence-corrected chi connectivity index (χ3v) is 2.22. The van der Waals surface area contributed by atoms with E-state index in [2.05, 4.69) is 5.10 Å². The largest absolute Gasteiger partial charge is 0.479 e. The van der Waals surface area contributed by atoms with Crippen molar-refractivity contribution in [2.75, 3.05) is 6.61 Å². The summed E-state index contributed by atoms with van der Waals surface area (Å²) in [6.07, 6.45) is -3.87. The van der Waals surface area contributed by atoms with E-state index >= 15 is 0 Å². The first-order valence-electron chi connectivity index (χ1n) is 5.28. The van der Waals surface area contributed by atoms with Gasteiger partial charge in [-0.3, -0.25) is 4.68 Å². The summed E-state index contributed by atoms with van der Waals surface area (Å²) >= 11 is 0. The maximum Gasteiger partial charge on any atom is 0.419 e. The fraction of sp³-hybridized carbons (Fsp3) is 0.600. The first kappa shape index (κ1) is 14.5. The summed E-state index contributed by atoms with van der Waals surface area (Å²) < 4.78 is 42.8. The van der Waals surface area contributed by atoms with Crippen molar-refractivity contribution in [2.24, 2.45) is 0 Å². The number of carbonyl (C=O) groups is 1. The Labute approximate surface area is 101 Å². The van der Waals surface area contributed by atoms with Gasteiger partial charge in [-0.25, -0.2) is 4.79 Å². The Morgan fingerprint density at radius 2 is 2.28 bits per heavy atom. The van der Waals surface area contributed by atoms with Crippen molar-refractivity contribution in [3.8, 4) is 0 Å². The number of carboxylic acids is 1. The highest BCUT2D eigenvalue weighted by atomic mass is 19.4. The van der Waals surface area contributed by atoms with E-state index in [4.69, 9.17) is 9.84 Å². The highest BCUT2D eigenvalue weighted by Gasteiger charge is 2.32. The van der Waals surface area contributed by atoms with Crippen LogP contribution in [0, 0.1) is 0 Å². The number of carboxylic acid groups (broad SMARTS) is 1. The molecule has 0 spiro atoms. The standard InChI is InChI=1S/C10H13F3N2O3/c1-2-18-8(9(16)17)3-4-15-6-7(5-14-15)10(11,12)13/h5-6,8H,2-4H2,1H3,(H,16,17). The van der Waals surface area contributed by atoms with Crippen LogP contribution in [0.4, 0.5) is 13.2 Å². The quantitative estimate of drug-likeness (QED) is 0.852. The highest BCUT2D eigenvalue weighted by molar-refractivity contribution is 5.72. The van der Waals surface area contributed by atoms with Gasteiger partial charge in [-0.2, -0.15) is 18.3 Å². The SMILES string of the molecule is CCOC(CCn1cc(C(F)(F)F)cn1)C(=O)O. The van der Waals surface area contributed by atoms with Gasteiger partial charge in [0.25, 0.3) is 0 Å². The zero-order valence-corrected chi connectivity index (χ0v) is 9.65. The number of rotatable bonds is 6. The number of ether oxygens (including phenoxy) is 1. The van der Waals surface area contributed by atoms with Crippen molar-refractivity contribution in [2.45, 2.75) is 32.2 Å². The van der Waals surface area contributed by atoms with E-state index < -0.39 is 23.8 Å². The lowest BCUT2D eigenvalue weighted by atomic mass is 10.2. The first-order valence-corrected chi connectivity index (χ1v) is 5.28. The Balaban J connectivity index is 2.57. The maximum atomic E-state index is 12.3. The van der Waals surface area contributed by atoms with E-state index in [0.29, 0.717) is 6.20 Å². The smallest absolute Gasteiger partial charge is 0.419 e. The number of nitrogens with zero attached hydrogens (tertiary/aromatic N) is 2. The molecule has 0 aromatic carbocycles. The minimum absolute atomic E-state index is 0.0487. The lowest BCUT2D eigenvalue weighted by Crippen LogP contribution is -2.25. The second-order valence-electron chi connectivity index (χ2n) is 3.56. The lowest BCUT2D eigenvalue weighted by Gasteiger charge is -2.11. The molecule has 0 aliphatic rings. The second-order valence-corrected chi connectivity index (χ2v) is 3.56. The maximum absolute atomic E-state index is 12.3. The summed E-state index contributed by atoms with van der Waals surface area (Å²) in [4.78, 5) is 10.7. The molecule has 0 aliphatic carbocycles. The average Bonchev–Trinajstić information content (AvgIpc) is 2.71. The highest BCUT2D eigenvalue weighted by Crippen LogP contribution is 2.28. The zero-order valence-electron chi connectivity index (χ0n) is 9.65. The Morgan fingerprint density at radius 1 is 1.61 bits per heavy atom.